The van der Waals surface area contributed by atoms with E-state index in [0.717, 1.165) is 10.9 Å². The molecule has 6 aromatic carbocycles. The topological polar surface area (TPSA) is 12.0 Å². The van der Waals surface area contributed by atoms with Gasteiger partial charge in [-0.25, -0.2) is 0 Å². The molecule has 7 rings (SSSR count). The van der Waals surface area contributed by atoms with Gasteiger partial charge in [0.15, 0.2) is 0 Å². The zero-order chi connectivity index (χ0) is 29.9. The Morgan fingerprint density at radius 2 is 1.07 bits per heavy atom. The molecule has 1 heterocycles. The predicted molar refractivity (Wildman–Crippen MR) is 188 cm³/mol. The van der Waals surface area contributed by atoms with E-state index in [-0.39, 0.29) is 5.41 Å². The van der Waals surface area contributed by atoms with Crippen molar-refractivity contribution < 1.29 is 0 Å². The van der Waals surface area contributed by atoms with Crippen LogP contribution in [0.15, 0.2) is 158 Å². The van der Waals surface area contributed by atoms with Crippen molar-refractivity contribution in [3.8, 4) is 22.3 Å². The highest BCUT2D eigenvalue weighted by Gasteiger charge is 2.23. The molecule has 1 nitrogen and oxygen atoms in total. The molecule has 0 radical (unpaired) electrons. The van der Waals surface area contributed by atoms with Gasteiger partial charge in [0.2, 0.25) is 0 Å². The highest BCUT2D eigenvalue weighted by atomic mass is 14.8. The Hall–Kier alpha value is -5.40. The molecule has 0 bridgehead atoms. The monoisotopic (exact) mass is 565 g/mol. The molecular formula is C43H35N. The molecule has 0 saturated heterocycles. The van der Waals surface area contributed by atoms with E-state index in [0.29, 0.717) is 0 Å². The highest BCUT2D eigenvalue weighted by Crippen LogP contribution is 2.39. The van der Waals surface area contributed by atoms with Gasteiger partial charge in [-0.2, -0.15) is 0 Å². The van der Waals surface area contributed by atoms with Crippen molar-refractivity contribution in [3.05, 3.63) is 190 Å². The maximum Gasteiger partial charge on any atom is 0.0539 e. The molecule has 0 spiro atoms. The van der Waals surface area contributed by atoms with Gasteiger partial charge in [0.25, 0.3) is 0 Å². The van der Waals surface area contributed by atoms with Crippen LogP contribution in [-0.4, -0.2) is 0 Å². The van der Waals surface area contributed by atoms with Crippen molar-refractivity contribution in [2.24, 2.45) is 0 Å². The minimum absolute atomic E-state index is 0.0919. The standard InChI is InChI=1S/C43H35N/c1-43(2,35-18-7-4-8-19-35)36-27-24-33(25-28-36)39-29-26-32-16-9-11-20-37(32)41-23-13-22-40(31-14-5-3-6-15-31)42(41)44-30-34-17-10-12-21-38(34)39/h3-30,44H,1-2H3/b29-26-,34-30+,39-38+. The van der Waals surface area contributed by atoms with E-state index in [1.54, 1.807) is 0 Å². The second-order valence-electron chi connectivity index (χ2n) is 11.9. The Kier molecular flexibility index (Phi) is 7.30. The lowest BCUT2D eigenvalue weighted by Crippen LogP contribution is -2.27. The number of hydrogen-bond acceptors (Lipinski definition) is 1. The molecule has 0 saturated carbocycles. The molecule has 0 amide bonds. The van der Waals surface area contributed by atoms with Crippen molar-refractivity contribution in [1.82, 2.24) is 0 Å². The Morgan fingerprint density at radius 1 is 0.455 bits per heavy atom. The Balaban J connectivity index is 1.43. The fourth-order valence-corrected chi connectivity index (χ4v) is 6.30. The third-order valence-electron chi connectivity index (χ3n) is 8.87. The average Bonchev–Trinajstić information content (AvgIpc) is 3.11. The van der Waals surface area contributed by atoms with Crippen molar-refractivity contribution in [2.75, 3.05) is 5.32 Å². The SMILES string of the molecule is CC(C)(c1ccccc1)c1ccc(C2=c3\cccc\c3=C/Nc3c(-c4ccccc4)cccc3-c3ccccc3/C=C\2)cc1. The van der Waals surface area contributed by atoms with Crippen molar-refractivity contribution in [2.45, 2.75) is 19.3 Å². The average molecular weight is 566 g/mol. The smallest absolute Gasteiger partial charge is 0.0539 e. The second kappa shape index (κ2) is 11.7. The number of allylic oxidation sites excluding steroid dienone is 1. The maximum absolute atomic E-state index is 3.78. The first-order valence-corrected chi connectivity index (χ1v) is 15.3. The lowest BCUT2D eigenvalue weighted by atomic mass is 9.78. The van der Waals surface area contributed by atoms with E-state index in [2.05, 4.69) is 189 Å². The molecule has 0 aliphatic carbocycles. The van der Waals surface area contributed by atoms with Gasteiger partial charge in [0, 0.05) is 22.7 Å². The molecule has 0 atom stereocenters. The molecule has 1 aliphatic heterocycles. The zero-order valence-corrected chi connectivity index (χ0v) is 25.2. The van der Waals surface area contributed by atoms with Crippen LogP contribution in [-0.2, 0) is 5.41 Å². The summed E-state index contributed by atoms with van der Waals surface area (Å²) >= 11 is 0. The van der Waals surface area contributed by atoms with Gasteiger partial charge >= 0.3 is 0 Å². The van der Waals surface area contributed by atoms with E-state index in [9.17, 15) is 0 Å². The second-order valence-corrected chi connectivity index (χ2v) is 11.9. The third-order valence-corrected chi connectivity index (χ3v) is 8.87. The fourth-order valence-electron chi connectivity index (χ4n) is 6.30. The zero-order valence-electron chi connectivity index (χ0n) is 25.2. The summed E-state index contributed by atoms with van der Waals surface area (Å²) in [5.74, 6) is 0. The molecule has 0 aromatic heterocycles. The minimum Gasteiger partial charge on any atom is -0.360 e. The first-order valence-electron chi connectivity index (χ1n) is 15.3. The number of para-hydroxylation sites is 1. The number of nitrogens with one attached hydrogen (secondary N) is 1. The summed E-state index contributed by atoms with van der Waals surface area (Å²) in [6.45, 7) is 4.59. The molecular weight excluding hydrogens is 530 g/mol. The first kappa shape index (κ1) is 27.4. The summed E-state index contributed by atoms with van der Waals surface area (Å²) in [4.78, 5) is 0. The summed E-state index contributed by atoms with van der Waals surface area (Å²) < 4.78 is 0. The highest BCUT2D eigenvalue weighted by molar-refractivity contribution is 5.95. The van der Waals surface area contributed by atoms with Crippen LogP contribution >= 0.6 is 0 Å². The number of benzene rings is 6. The lowest BCUT2D eigenvalue weighted by molar-refractivity contribution is 0.641. The summed E-state index contributed by atoms with van der Waals surface area (Å²) in [6.07, 6.45) is 6.72. The van der Waals surface area contributed by atoms with Crippen LogP contribution in [0.2, 0.25) is 0 Å². The van der Waals surface area contributed by atoms with Crippen molar-refractivity contribution >= 4 is 23.5 Å². The summed E-state index contributed by atoms with van der Waals surface area (Å²) in [7, 11) is 0. The Bertz CT molecular complexity index is 2080. The molecule has 44 heavy (non-hydrogen) atoms. The summed E-state index contributed by atoms with van der Waals surface area (Å²) in [6, 6.07) is 54.4. The largest absolute Gasteiger partial charge is 0.360 e. The van der Waals surface area contributed by atoms with Crippen molar-refractivity contribution in [3.63, 3.8) is 0 Å². The van der Waals surface area contributed by atoms with E-state index >= 15 is 0 Å². The fraction of sp³-hybridized carbons (Fsp3) is 0.0698. The lowest BCUT2D eigenvalue weighted by Gasteiger charge is -2.26. The van der Waals surface area contributed by atoms with Gasteiger partial charge in [-0.1, -0.05) is 178 Å². The molecule has 1 aliphatic rings. The maximum atomic E-state index is 3.78. The molecule has 6 aromatic rings. The van der Waals surface area contributed by atoms with Crippen LogP contribution in [0, 0.1) is 0 Å². The van der Waals surface area contributed by atoms with E-state index in [1.807, 2.05) is 0 Å². The van der Waals surface area contributed by atoms with Crippen LogP contribution in [0.25, 0.3) is 40.1 Å². The normalized spacial score (nSPS) is 15.3. The number of anilines is 1. The van der Waals surface area contributed by atoms with Gasteiger partial charge in [0.05, 0.1) is 5.69 Å². The van der Waals surface area contributed by atoms with Gasteiger partial charge < -0.3 is 5.32 Å². The number of fused-ring (bicyclic) bond motifs is 4. The van der Waals surface area contributed by atoms with E-state index in [4.69, 9.17) is 0 Å². The number of hydrogen-bond donors (Lipinski definition) is 1. The van der Waals surface area contributed by atoms with Gasteiger partial charge in [0.1, 0.15) is 0 Å². The van der Waals surface area contributed by atoms with Crippen LogP contribution in [0.5, 0.6) is 0 Å². The van der Waals surface area contributed by atoms with Gasteiger partial charge in [-0.3, -0.25) is 0 Å². The molecule has 0 fully saturated rings. The van der Waals surface area contributed by atoms with Gasteiger partial charge in [-0.05, 0) is 49.4 Å². The molecule has 0 unspecified atom stereocenters. The quantitative estimate of drug-likeness (QED) is 0.225. The Labute approximate surface area is 260 Å². The van der Waals surface area contributed by atoms with Gasteiger partial charge in [-0.15, -0.1) is 0 Å². The third kappa shape index (κ3) is 5.18. The Morgan fingerprint density at radius 3 is 1.86 bits per heavy atom. The summed E-state index contributed by atoms with van der Waals surface area (Å²) in [5.41, 5.74) is 11.9. The van der Waals surface area contributed by atoms with Crippen molar-refractivity contribution in [1.29, 1.82) is 0 Å². The number of rotatable bonds is 4. The van der Waals surface area contributed by atoms with E-state index in [1.165, 1.54) is 55.3 Å². The van der Waals surface area contributed by atoms with E-state index < -0.39 is 0 Å². The molecule has 1 heteroatoms. The van der Waals surface area contributed by atoms with Crippen LogP contribution < -0.4 is 15.8 Å². The predicted octanol–water partition coefficient (Wildman–Crippen LogP) is 9.42. The van der Waals surface area contributed by atoms with Crippen LogP contribution in [0.1, 0.15) is 36.1 Å². The van der Waals surface area contributed by atoms with Crippen LogP contribution in [0.4, 0.5) is 5.69 Å². The summed E-state index contributed by atoms with van der Waals surface area (Å²) in [5, 5.41) is 6.10. The van der Waals surface area contributed by atoms with Crippen LogP contribution in [0.3, 0.4) is 0 Å². The first-order chi connectivity index (χ1) is 21.6. The minimum atomic E-state index is -0.0919. The molecule has 1 N–H and O–H groups in total. The molecule has 212 valence electrons.